The predicted molar refractivity (Wildman–Crippen MR) is 170 cm³/mol. The van der Waals surface area contributed by atoms with Gasteiger partial charge >= 0.3 is 23.3 Å². The van der Waals surface area contributed by atoms with Crippen molar-refractivity contribution in [1.82, 2.24) is 19.2 Å². The minimum atomic E-state index is -1.69. The van der Waals surface area contributed by atoms with Gasteiger partial charge in [0.2, 0.25) is 0 Å². The number of esters is 2. The second kappa shape index (κ2) is 11.8. The molecule has 1 N–H and O–H groups in total. The molecule has 3 aromatic rings. The van der Waals surface area contributed by atoms with E-state index < -0.39 is 64.5 Å². The van der Waals surface area contributed by atoms with Crippen LogP contribution in [0.15, 0.2) is 93.0 Å². The second-order valence-corrected chi connectivity index (χ2v) is 12.6. The molecule has 0 saturated heterocycles. The molecule has 0 bridgehead atoms. The van der Waals surface area contributed by atoms with Crippen LogP contribution in [0, 0.1) is 17.8 Å². The number of hydrogen-bond acceptors (Lipinski definition) is 8. The molecular formula is C35H36N4O8. The minimum Gasteiger partial charge on any atom is -0.469 e. The zero-order valence-corrected chi connectivity index (χ0v) is 26.8. The summed E-state index contributed by atoms with van der Waals surface area (Å²) in [5.74, 6) is -4.89. The zero-order valence-electron chi connectivity index (χ0n) is 26.8. The molecule has 2 aliphatic carbocycles. The van der Waals surface area contributed by atoms with Crippen molar-refractivity contribution in [3.63, 3.8) is 0 Å². The molecule has 5 atom stereocenters. The zero-order chi connectivity index (χ0) is 33.8. The fourth-order valence-electron chi connectivity index (χ4n) is 7.74. The highest BCUT2D eigenvalue weighted by Crippen LogP contribution is 2.56. The molecule has 0 saturated carbocycles. The molecule has 244 valence electrons. The normalized spacial score (nSPS) is 24.6. The maximum absolute atomic E-state index is 15.1. The number of nitrogens with zero attached hydrogens (tertiary/aromatic N) is 3. The molecule has 3 aliphatic rings. The van der Waals surface area contributed by atoms with E-state index in [0.29, 0.717) is 16.8 Å². The largest absolute Gasteiger partial charge is 0.469 e. The number of ether oxygens (including phenoxy) is 2. The summed E-state index contributed by atoms with van der Waals surface area (Å²) in [6.45, 7) is 5.44. The minimum absolute atomic E-state index is 0.0716. The van der Waals surface area contributed by atoms with E-state index in [1.54, 1.807) is 67.6 Å². The number of nitrogens with one attached hydrogen (secondary N) is 1. The third-order valence-electron chi connectivity index (χ3n) is 9.46. The van der Waals surface area contributed by atoms with Gasteiger partial charge in [0.15, 0.2) is 5.78 Å². The molecule has 2 heterocycles. The SMILES string of the molecule is COC(=O)C1=C[C@@H](C(=O)OC)C2C3=C(C(=O)[C@@]2(CC(C)C)NC(=O)c2ccccc2)[C@H](C)n2c(=O)n(-c4ccccc4)c(=O)n2[C@@H]3C1. The highest BCUT2D eigenvalue weighted by molar-refractivity contribution is 6.11. The van der Waals surface area contributed by atoms with Gasteiger partial charge in [-0.15, -0.1) is 0 Å². The number of benzene rings is 2. The summed E-state index contributed by atoms with van der Waals surface area (Å²) in [5, 5.41) is 3.04. The van der Waals surface area contributed by atoms with Crippen molar-refractivity contribution in [2.75, 3.05) is 14.2 Å². The number of amides is 1. The number of hydrogen-bond donors (Lipinski definition) is 1. The maximum atomic E-state index is 15.1. The van der Waals surface area contributed by atoms with E-state index in [-0.39, 0.29) is 29.9 Å². The molecular weight excluding hydrogens is 604 g/mol. The fraction of sp³-hybridized carbons (Fsp3) is 0.371. The highest BCUT2D eigenvalue weighted by Gasteiger charge is 2.64. The van der Waals surface area contributed by atoms with Crippen LogP contribution >= 0.6 is 0 Å². The van der Waals surface area contributed by atoms with E-state index in [0.717, 1.165) is 4.57 Å². The summed E-state index contributed by atoms with van der Waals surface area (Å²) in [6.07, 6.45) is 1.40. The molecule has 1 aromatic heterocycles. The van der Waals surface area contributed by atoms with Gasteiger partial charge in [-0.05, 0) is 49.1 Å². The van der Waals surface area contributed by atoms with Crippen molar-refractivity contribution in [2.24, 2.45) is 17.8 Å². The molecule has 6 rings (SSSR count). The Hall–Kier alpha value is -5.26. The Kier molecular flexibility index (Phi) is 7.98. The molecule has 47 heavy (non-hydrogen) atoms. The van der Waals surface area contributed by atoms with E-state index in [4.69, 9.17) is 9.47 Å². The Morgan fingerprint density at radius 3 is 2.13 bits per heavy atom. The first kappa shape index (κ1) is 31.7. The van der Waals surface area contributed by atoms with E-state index in [1.807, 2.05) is 13.8 Å². The Morgan fingerprint density at radius 2 is 1.53 bits per heavy atom. The Morgan fingerprint density at radius 1 is 0.915 bits per heavy atom. The van der Waals surface area contributed by atoms with E-state index in [1.165, 1.54) is 29.7 Å². The van der Waals surface area contributed by atoms with E-state index >= 15 is 4.79 Å². The molecule has 12 nitrogen and oxygen atoms in total. The van der Waals surface area contributed by atoms with Crippen LogP contribution in [0.25, 0.3) is 5.69 Å². The third kappa shape index (κ3) is 4.81. The van der Waals surface area contributed by atoms with Crippen molar-refractivity contribution < 1.29 is 28.7 Å². The number of Topliss-reactive ketones (excluding diaryl/α,β-unsaturated/α-hetero) is 1. The monoisotopic (exact) mass is 640 g/mol. The molecule has 2 aromatic carbocycles. The van der Waals surface area contributed by atoms with Gasteiger partial charge in [-0.3, -0.25) is 14.4 Å². The number of fused-ring (bicyclic) bond motifs is 2. The summed E-state index contributed by atoms with van der Waals surface area (Å²) >= 11 is 0. The van der Waals surface area contributed by atoms with Crippen molar-refractivity contribution in [1.29, 1.82) is 0 Å². The highest BCUT2D eigenvalue weighted by atomic mass is 16.5. The summed E-state index contributed by atoms with van der Waals surface area (Å²) in [6, 6.07) is 14.8. The average molecular weight is 641 g/mol. The Balaban J connectivity index is 1.66. The lowest BCUT2D eigenvalue weighted by Crippen LogP contribution is -2.60. The summed E-state index contributed by atoms with van der Waals surface area (Å²) in [7, 11) is 2.41. The maximum Gasteiger partial charge on any atom is 0.352 e. The number of rotatable bonds is 7. The number of para-hydroxylation sites is 1. The summed E-state index contributed by atoms with van der Waals surface area (Å²) in [4.78, 5) is 84.3. The molecule has 1 aliphatic heterocycles. The lowest BCUT2D eigenvalue weighted by molar-refractivity contribution is -0.146. The van der Waals surface area contributed by atoms with Gasteiger partial charge in [0.25, 0.3) is 5.91 Å². The number of carbonyl (C=O) groups is 4. The molecule has 12 heteroatoms. The second-order valence-electron chi connectivity index (χ2n) is 12.6. The smallest absolute Gasteiger partial charge is 0.352 e. The van der Waals surface area contributed by atoms with Gasteiger partial charge in [0, 0.05) is 29.0 Å². The average Bonchev–Trinajstić information content (AvgIpc) is 3.37. The molecule has 1 unspecified atom stereocenters. The van der Waals surface area contributed by atoms with Crippen LogP contribution in [0.2, 0.25) is 0 Å². The van der Waals surface area contributed by atoms with Crippen LogP contribution in [-0.2, 0) is 23.9 Å². The quantitative estimate of drug-likeness (QED) is 0.388. The van der Waals surface area contributed by atoms with Crippen molar-refractivity contribution >= 4 is 23.6 Å². The van der Waals surface area contributed by atoms with Gasteiger partial charge in [0.05, 0.1) is 37.9 Å². The summed E-state index contributed by atoms with van der Waals surface area (Å²) in [5.41, 5.74) is -1.69. The molecule has 0 radical (unpaired) electrons. The van der Waals surface area contributed by atoms with Crippen molar-refractivity contribution in [3.05, 3.63) is 110 Å². The first-order valence-electron chi connectivity index (χ1n) is 15.5. The standard InChI is InChI=1S/C35H36N4O8/c1-19(2)18-35(36-30(41)21-12-8-6-9-13-21)28-24(32(43)47-5)16-22(31(42)46-4)17-25-27(28)26(29(35)40)20(3)38-33(44)37(34(45)39(25)38)23-14-10-7-11-15-23/h6-16,19-20,24-25,28H,17-18H2,1-5H3,(H,36,41)/t20-,24+,25+,28?,35-/m0/s1. The predicted octanol–water partition coefficient (Wildman–Crippen LogP) is 2.92. The topological polar surface area (TPSA) is 148 Å². The van der Waals surface area contributed by atoms with E-state index in [2.05, 4.69) is 5.32 Å². The van der Waals surface area contributed by atoms with Crippen molar-refractivity contribution in [2.45, 2.75) is 51.2 Å². The Labute approximate surface area is 270 Å². The molecule has 0 fully saturated rings. The van der Waals surface area contributed by atoms with Crippen LogP contribution in [-0.4, -0.2) is 57.3 Å². The Bertz CT molecular complexity index is 1970. The number of methoxy groups -OCH3 is 2. The van der Waals surface area contributed by atoms with Gasteiger partial charge in [-0.25, -0.2) is 28.3 Å². The van der Waals surface area contributed by atoms with Gasteiger partial charge in [0.1, 0.15) is 5.54 Å². The van der Waals surface area contributed by atoms with Gasteiger partial charge in [-0.2, -0.15) is 0 Å². The van der Waals surface area contributed by atoms with Crippen LogP contribution in [0.4, 0.5) is 0 Å². The lowest BCUT2D eigenvalue weighted by Gasteiger charge is -2.40. The lowest BCUT2D eigenvalue weighted by atomic mass is 9.69. The summed E-state index contributed by atoms with van der Waals surface area (Å²) < 4.78 is 13.9. The molecule has 1 amide bonds. The van der Waals surface area contributed by atoms with Gasteiger partial charge in [-0.1, -0.05) is 56.3 Å². The van der Waals surface area contributed by atoms with Gasteiger partial charge < -0.3 is 14.8 Å². The van der Waals surface area contributed by atoms with Crippen LogP contribution in [0.1, 0.15) is 56.1 Å². The molecule has 0 spiro atoms. The number of ketones is 1. The third-order valence-corrected chi connectivity index (χ3v) is 9.46. The van der Waals surface area contributed by atoms with Crippen LogP contribution in [0.5, 0.6) is 0 Å². The van der Waals surface area contributed by atoms with E-state index in [9.17, 15) is 24.0 Å². The number of carbonyl (C=O) groups excluding carboxylic acids is 4. The van der Waals surface area contributed by atoms with Crippen LogP contribution in [0.3, 0.4) is 0 Å². The first-order valence-corrected chi connectivity index (χ1v) is 15.5. The number of aromatic nitrogens is 3. The van der Waals surface area contributed by atoms with Crippen molar-refractivity contribution in [3.8, 4) is 5.69 Å². The fourth-order valence-corrected chi connectivity index (χ4v) is 7.74. The first-order chi connectivity index (χ1) is 22.5. The van der Waals surface area contributed by atoms with Crippen LogP contribution < -0.4 is 16.7 Å².